The second kappa shape index (κ2) is 11.4. The summed E-state index contributed by atoms with van der Waals surface area (Å²) in [6.45, 7) is 0.205. The van der Waals surface area contributed by atoms with Crippen molar-refractivity contribution in [1.29, 1.82) is 0 Å². The lowest BCUT2D eigenvalue weighted by atomic mass is 9.88. The Bertz CT molecular complexity index is 1230. The number of nitrogens with one attached hydrogen (secondary N) is 1. The van der Waals surface area contributed by atoms with E-state index in [0.717, 1.165) is 23.8 Å². The van der Waals surface area contributed by atoms with Gasteiger partial charge in [0.15, 0.2) is 0 Å². The number of carbonyl (C=O) groups is 1. The summed E-state index contributed by atoms with van der Waals surface area (Å²) in [5.41, 5.74) is 1.26. The van der Waals surface area contributed by atoms with Crippen LogP contribution in [0.2, 0.25) is 15.1 Å². The molecule has 4 nitrogen and oxygen atoms in total. The van der Waals surface area contributed by atoms with E-state index in [1.54, 1.807) is 18.3 Å². The molecule has 35 heavy (non-hydrogen) atoms. The summed E-state index contributed by atoms with van der Waals surface area (Å²) in [6.07, 6.45) is -0.829. The van der Waals surface area contributed by atoms with Gasteiger partial charge in [0.1, 0.15) is 7.85 Å². The van der Waals surface area contributed by atoms with Crippen LogP contribution in [0.5, 0.6) is 5.88 Å². The van der Waals surface area contributed by atoms with Crippen molar-refractivity contribution in [3.63, 3.8) is 0 Å². The van der Waals surface area contributed by atoms with E-state index in [1.807, 2.05) is 0 Å². The van der Waals surface area contributed by atoms with E-state index in [0.29, 0.717) is 11.4 Å². The van der Waals surface area contributed by atoms with Crippen molar-refractivity contribution in [2.45, 2.75) is 18.6 Å². The number of hydrogen-bond acceptors (Lipinski definition) is 3. The molecule has 1 heterocycles. The van der Waals surface area contributed by atoms with E-state index in [2.05, 4.69) is 10.3 Å². The van der Waals surface area contributed by atoms with Crippen LogP contribution in [0.3, 0.4) is 0 Å². The molecule has 0 bridgehead atoms. The first-order valence-corrected chi connectivity index (χ1v) is 11.2. The Morgan fingerprint density at radius 2 is 1.83 bits per heavy atom. The largest absolute Gasteiger partial charge is 0.481 e. The van der Waals surface area contributed by atoms with Crippen LogP contribution in [0, 0.1) is 0 Å². The van der Waals surface area contributed by atoms with Gasteiger partial charge in [-0.1, -0.05) is 70.6 Å². The number of hydrogen-bond donors (Lipinski definition) is 1. The Kier molecular flexibility index (Phi) is 8.75. The molecule has 1 atom stereocenters. The number of halogens is 6. The maximum atomic E-state index is 13.7. The summed E-state index contributed by atoms with van der Waals surface area (Å²) < 4.78 is 46.2. The topological polar surface area (TPSA) is 51.2 Å². The first-order valence-electron chi connectivity index (χ1n) is 10.1. The summed E-state index contributed by atoms with van der Waals surface area (Å²) in [5, 5.41) is 2.53. The molecule has 1 aromatic heterocycles. The molecule has 3 rings (SSSR count). The van der Waals surface area contributed by atoms with Crippen LogP contribution < -0.4 is 15.5 Å². The van der Waals surface area contributed by atoms with Crippen molar-refractivity contribution in [2.75, 3.05) is 7.11 Å². The molecule has 0 aliphatic rings. The van der Waals surface area contributed by atoms with Crippen LogP contribution in [0.1, 0.15) is 33.0 Å². The minimum atomic E-state index is -4.61. The highest BCUT2D eigenvalue weighted by Crippen LogP contribution is 2.41. The van der Waals surface area contributed by atoms with Crippen molar-refractivity contribution in [3.05, 3.63) is 92.1 Å². The molecule has 0 saturated heterocycles. The average Bonchev–Trinajstić information content (AvgIpc) is 2.80. The van der Waals surface area contributed by atoms with E-state index in [4.69, 9.17) is 47.4 Å². The highest BCUT2D eigenvalue weighted by atomic mass is 35.5. The normalized spacial score (nSPS) is 12.5. The molecule has 1 amide bonds. The monoisotopic (exact) mass is 538 g/mol. The Labute approximate surface area is 216 Å². The summed E-state index contributed by atoms with van der Waals surface area (Å²) in [6, 6.07) is 10.0. The van der Waals surface area contributed by atoms with Gasteiger partial charge in [-0.3, -0.25) is 4.79 Å². The molecule has 0 spiro atoms. The smallest absolute Gasteiger partial charge is 0.399 e. The maximum absolute atomic E-state index is 13.7. The lowest BCUT2D eigenvalue weighted by Gasteiger charge is -2.18. The standard InChI is InChI=1S/C24H17BCl3F3N2O2/c1-35-21-7-4-14(11-32-21)12-33-23(34)16-5-2-13(8-18(16)25)3-6-17(24(29,30)31)15-9-19(26)22(28)20(27)10-15/h2-11,17H,12H2,1H3,(H,33,34)/b6-3+. The molecule has 3 aromatic rings. The SMILES string of the molecule is [B]c1cc(/C=C/C(c2cc(Cl)c(Cl)c(Cl)c2)C(F)(F)F)ccc1C(=O)NCc1ccc(OC)nc1. The van der Waals surface area contributed by atoms with E-state index < -0.39 is 18.0 Å². The third-order valence-electron chi connectivity index (χ3n) is 4.98. The van der Waals surface area contributed by atoms with Gasteiger partial charge in [-0.05, 0) is 34.9 Å². The molecule has 0 aliphatic carbocycles. The molecule has 2 radical (unpaired) electrons. The average molecular weight is 540 g/mol. The molecular weight excluding hydrogens is 522 g/mol. The molecule has 1 unspecified atom stereocenters. The van der Waals surface area contributed by atoms with Crippen molar-refractivity contribution < 1.29 is 22.7 Å². The highest BCUT2D eigenvalue weighted by molar-refractivity contribution is 6.48. The Hall–Kier alpha value is -2.68. The molecule has 180 valence electrons. The highest BCUT2D eigenvalue weighted by Gasteiger charge is 2.39. The zero-order valence-electron chi connectivity index (χ0n) is 18.2. The number of ether oxygens (including phenoxy) is 1. The van der Waals surface area contributed by atoms with Gasteiger partial charge in [-0.25, -0.2) is 4.98 Å². The number of benzene rings is 2. The zero-order chi connectivity index (χ0) is 25.8. The molecule has 2 aromatic carbocycles. The molecule has 0 aliphatic heterocycles. The fourth-order valence-corrected chi connectivity index (χ4v) is 3.79. The summed E-state index contributed by atoms with van der Waals surface area (Å²) in [4.78, 5) is 16.6. The van der Waals surface area contributed by atoms with Gasteiger partial charge in [0.2, 0.25) is 5.88 Å². The zero-order valence-corrected chi connectivity index (χ0v) is 20.4. The first kappa shape index (κ1) is 26.9. The third kappa shape index (κ3) is 6.93. The van der Waals surface area contributed by atoms with Gasteiger partial charge in [0.05, 0.1) is 28.1 Å². The quantitative estimate of drug-likeness (QED) is 0.290. The molecule has 11 heteroatoms. The lowest BCUT2D eigenvalue weighted by molar-refractivity contribution is -0.139. The van der Waals surface area contributed by atoms with Gasteiger partial charge < -0.3 is 10.1 Å². The van der Waals surface area contributed by atoms with Crippen molar-refractivity contribution in [1.82, 2.24) is 10.3 Å². The number of allylic oxidation sites excluding steroid dienone is 1. The Morgan fingerprint density at radius 1 is 1.14 bits per heavy atom. The van der Waals surface area contributed by atoms with Crippen molar-refractivity contribution in [3.8, 4) is 5.88 Å². The van der Waals surface area contributed by atoms with Gasteiger partial charge in [0.25, 0.3) is 5.91 Å². The van der Waals surface area contributed by atoms with Crippen LogP contribution >= 0.6 is 34.8 Å². The Morgan fingerprint density at radius 3 is 2.37 bits per heavy atom. The van der Waals surface area contributed by atoms with Crippen LogP contribution in [0.4, 0.5) is 13.2 Å². The minimum Gasteiger partial charge on any atom is -0.481 e. The number of amides is 1. The van der Waals surface area contributed by atoms with E-state index in [1.165, 1.54) is 31.4 Å². The van der Waals surface area contributed by atoms with Gasteiger partial charge >= 0.3 is 6.18 Å². The van der Waals surface area contributed by atoms with Crippen molar-refractivity contribution >= 4 is 60.1 Å². The van der Waals surface area contributed by atoms with Crippen LogP contribution in [0.25, 0.3) is 6.08 Å². The number of nitrogens with zero attached hydrogens (tertiary/aromatic N) is 1. The molecule has 1 N–H and O–H groups in total. The predicted molar refractivity (Wildman–Crippen MR) is 133 cm³/mol. The second-order valence-corrected chi connectivity index (χ2v) is 8.61. The van der Waals surface area contributed by atoms with E-state index >= 15 is 0 Å². The minimum absolute atomic E-state index is 0.0214. The van der Waals surface area contributed by atoms with Crippen LogP contribution in [0.15, 0.2) is 54.7 Å². The first-order chi connectivity index (χ1) is 16.5. The maximum Gasteiger partial charge on any atom is 0.399 e. The summed E-state index contributed by atoms with van der Waals surface area (Å²) in [5.74, 6) is -1.98. The number of aromatic nitrogens is 1. The number of carbonyl (C=O) groups excluding carboxylic acids is 1. The number of methoxy groups -OCH3 is 1. The predicted octanol–water partition coefficient (Wildman–Crippen LogP) is 6.13. The molecule has 0 saturated carbocycles. The fourth-order valence-electron chi connectivity index (χ4n) is 3.18. The third-order valence-corrected chi connectivity index (χ3v) is 6.18. The van der Waals surface area contributed by atoms with Crippen LogP contribution in [-0.2, 0) is 6.54 Å². The van der Waals surface area contributed by atoms with Gasteiger partial charge in [-0.2, -0.15) is 13.2 Å². The van der Waals surface area contributed by atoms with Gasteiger partial charge in [-0.15, -0.1) is 0 Å². The number of pyridine rings is 1. The summed E-state index contributed by atoms with van der Waals surface area (Å²) >= 11 is 17.7. The lowest BCUT2D eigenvalue weighted by Crippen LogP contribution is -2.28. The number of rotatable bonds is 7. The van der Waals surface area contributed by atoms with E-state index in [9.17, 15) is 18.0 Å². The van der Waals surface area contributed by atoms with E-state index in [-0.39, 0.29) is 38.2 Å². The molecular formula is C24H17BCl3F3N2O2. The second-order valence-electron chi connectivity index (χ2n) is 7.42. The number of alkyl halides is 3. The van der Waals surface area contributed by atoms with Crippen molar-refractivity contribution in [2.24, 2.45) is 0 Å². The van der Waals surface area contributed by atoms with Gasteiger partial charge in [0, 0.05) is 24.4 Å². The summed E-state index contributed by atoms with van der Waals surface area (Å²) in [7, 11) is 7.49. The Balaban J connectivity index is 1.76. The fraction of sp³-hybridized carbons (Fsp3) is 0.167. The molecule has 0 fully saturated rings. The van der Waals surface area contributed by atoms with Crippen LogP contribution in [-0.4, -0.2) is 32.0 Å².